The Morgan fingerprint density at radius 3 is 1.86 bits per heavy atom. The smallest absolute Gasteiger partial charge is 0.118 e. The zero-order chi connectivity index (χ0) is 15.8. The molecule has 1 N–H and O–H groups in total. The third-order valence-corrected chi connectivity index (χ3v) is 3.55. The van der Waals surface area contributed by atoms with Crippen LogP contribution in [0, 0.1) is 11.8 Å². The molecule has 0 radical (unpaired) electrons. The van der Waals surface area contributed by atoms with Crippen LogP contribution in [0.5, 0.6) is 5.75 Å². The molecule has 3 heteroatoms. The number of rotatable bonds is 9. The minimum absolute atomic E-state index is 0.355. The van der Waals surface area contributed by atoms with Crippen LogP contribution in [0.1, 0.15) is 39.3 Å². The van der Waals surface area contributed by atoms with E-state index in [-0.39, 0.29) is 0 Å². The third-order valence-electron chi connectivity index (χ3n) is 3.55. The molecule has 0 bridgehead atoms. The minimum Gasteiger partial charge on any atom is -0.497 e. The molecule has 1 aromatic carbocycles. The fraction of sp³-hybridized carbons (Fsp3) is 0.667. The Hall–Kier alpha value is -1.06. The molecule has 0 amide bonds. The molecule has 21 heavy (non-hydrogen) atoms. The number of ether oxygens (including phenoxy) is 1. The van der Waals surface area contributed by atoms with Gasteiger partial charge in [0.25, 0.3) is 0 Å². The van der Waals surface area contributed by atoms with Gasteiger partial charge in [0.1, 0.15) is 5.75 Å². The summed E-state index contributed by atoms with van der Waals surface area (Å²) in [6, 6.07) is 8.74. The lowest BCUT2D eigenvalue weighted by Gasteiger charge is -2.30. The topological polar surface area (TPSA) is 24.5 Å². The van der Waals surface area contributed by atoms with Gasteiger partial charge in [0.2, 0.25) is 0 Å². The maximum atomic E-state index is 5.24. The van der Waals surface area contributed by atoms with Gasteiger partial charge in [0, 0.05) is 25.7 Å². The van der Waals surface area contributed by atoms with Crippen molar-refractivity contribution in [2.45, 2.75) is 33.7 Å². The fourth-order valence-corrected chi connectivity index (χ4v) is 2.71. The van der Waals surface area contributed by atoms with Gasteiger partial charge in [-0.25, -0.2) is 0 Å². The Morgan fingerprint density at radius 1 is 0.952 bits per heavy atom. The Bertz CT molecular complexity index is 377. The summed E-state index contributed by atoms with van der Waals surface area (Å²) in [6.45, 7) is 12.5. The summed E-state index contributed by atoms with van der Waals surface area (Å²) in [4.78, 5) is 2.57. The first-order valence-corrected chi connectivity index (χ1v) is 7.99. The highest BCUT2D eigenvalue weighted by Crippen LogP contribution is 2.19. The number of hydrogen-bond acceptors (Lipinski definition) is 3. The molecule has 120 valence electrons. The fourth-order valence-electron chi connectivity index (χ4n) is 2.71. The molecule has 0 saturated carbocycles. The van der Waals surface area contributed by atoms with Gasteiger partial charge < -0.3 is 15.0 Å². The number of benzene rings is 1. The first-order chi connectivity index (χ1) is 9.96. The average Bonchev–Trinajstić information content (AvgIpc) is 2.43. The maximum absolute atomic E-state index is 5.24. The van der Waals surface area contributed by atoms with Gasteiger partial charge in [-0.1, -0.05) is 39.8 Å². The summed E-state index contributed by atoms with van der Waals surface area (Å²) in [5.74, 6) is 2.30. The van der Waals surface area contributed by atoms with Crippen LogP contribution >= 0.6 is 0 Å². The zero-order valence-electron chi connectivity index (χ0n) is 14.5. The number of nitrogens with zero attached hydrogens (tertiary/aromatic N) is 1. The van der Waals surface area contributed by atoms with Gasteiger partial charge in [-0.05, 0) is 36.6 Å². The van der Waals surface area contributed by atoms with E-state index in [1.54, 1.807) is 7.11 Å². The minimum atomic E-state index is 0.355. The number of likely N-dealkylation sites (N-methyl/N-ethyl adjacent to an activating group) is 1. The number of nitrogens with one attached hydrogen (secondary N) is 1. The van der Waals surface area contributed by atoms with E-state index in [1.165, 1.54) is 5.56 Å². The SMILES string of the molecule is CNC(CN(CC(C)C)CC(C)C)c1ccc(OC)cc1. The van der Waals surface area contributed by atoms with Gasteiger partial charge in [0.05, 0.1) is 7.11 Å². The second-order valence-electron chi connectivity index (χ2n) is 6.62. The van der Waals surface area contributed by atoms with Crippen molar-refractivity contribution in [3.8, 4) is 5.75 Å². The van der Waals surface area contributed by atoms with Gasteiger partial charge in [-0.15, -0.1) is 0 Å². The standard InChI is InChI=1S/C18H32N2O/c1-14(2)11-20(12-15(3)4)13-18(19-5)16-7-9-17(21-6)10-8-16/h7-10,14-15,18-19H,11-13H2,1-6H3. The lowest BCUT2D eigenvalue weighted by molar-refractivity contribution is 0.200. The zero-order valence-corrected chi connectivity index (χ0v) is 14.5. The van der Waals surface area contributed by atoms with E-state index in [0.29, 0.717) is 17.9 Å². The highest BCUT2D eigenvalue weighted by Gasteiger charge is 2.16. The molecule has 0 fully saturated rings. The number of hydrogen-bond donors (Lipinski definition) is 1. The molecule has 0 aliphatic heterocycles. The Morgan fingerprint density at radius 2 is 1.48 bits per heavy atom. The van der Waals surface area contributed by atoms with Crippen LogP contribution in [0.3, 0.4) is 0 Å². The summed E-state index contributed by atoms with van der Waals surface area (Å²) >= 11 is 0. The molecule has 1 rings (SSSR count). The van der Waals surface area contributed by atoms with Crippen LogP contribution in [0.2, 0.25) is 0 Å². The first-order valence-electron chi connectivity index (χ1n) is 7.99. The van der Waals surface area contributed by atoms with Crippen molar-refractivity contribution >= 4 is 0 Å². The molecule has 1 atom stereocenters. The van der Waals surface area contributed by atoms with Crippen LogP contribution in [-0.4, -0.2) is 38.7 Å². The second kappa shape index (κ2) is 9.06. The number of methoxy groups -OCH3 is 1. The van der Waals surface area contributed by atoms with Crippen molar-refractivity contribution in [1.82, 2.24) is 10.2 Å². The van der Waals surface area contributed by atoms with Crippen molar-refractivity contribution in [2.24, 2.45) is 11.8 Å². The highest BCUT2D eigenvalue weighted by atomic mass is 16.5. The summed E-state index contributed by atoms with van der Waals surface area (Å²) in [7, 11) is 3.75. The predicted octanol–water partition coefficient (Wildman–Crippen LogP) is 3.57. The molecule has 3 nitrogen and oxygen atoms in total. The van der Waals surface area contributed by atoms with E-state index in [4.69, 9.17) is 4.74 Å². The molecule has 1 unspecified atom stereocenters. The molecule has 0 spiro atoms. The summed E-state index contributed by atoms with van der Waals surface area (Å²) in [6.07, 6.45) is 0. The van der Waals surface area contributed by atoms with E-state index >= 15 is 0 Å². The molecule has 0 aliphatic rings. The van der Waals surface area contributed by atoms with Crippen molar-refractivity contribution in [2.75, 3.05) is 33.8 Å². The average molecular weight is 292 g/mol. The van der Waals surface area contributed by atoms with Crippen molar-refractivity contribution < 1.29 is 4.74 Å². The molecule has 0 aliphatic carbocycles. The summed E-state index contributed by atoms with van der Waals surface area (Å²) < 4.78 is 5.24. The lowest BCUT2D eigenvalue weighted by Crippen LogP contribution is -2.38. The van der Waals surface area contributed by atoms with Crippen LogP contribution in [0.15, 0.2) is 24.3 Å². The van der Waals surface area contributed by atoms with Crippen LogP contribution < -0.4 is 10.1 Å². The van der Waals surface area contributed by atoms with Crippen molar-refractivity contribution in [3.05, 3.63) is 29.8 Å². The van der Waals surface area contributed by atoms with Gasteiger partial charge >= 0.3 is 0 Å². The first kappa shape index (κ1) is 18.0. The van der Waals surface area contributed by atoms with Gasteiger partial charge in [-0.2, -0.15) is 0 Å². The molecule has 1 aromatic rings. The van der Waals surface area contributed by atoms with Crippen LogP contribution in [0.4, 0.5) is 0 Å². The molecular formula is C18H32N2O. The highest BCUT2D eigenvalue weighted by molar-refractivity contribution is 5.29. The predicted molar refractivity (Wildman–Crippen MR) is 90.9 cm³/mol. The van der Waals surface area contributed by atoms with Crippen LogP contribution in [-0.2, 0) is 0 Å². The summed E-state index contributed by atoms with van der Waals surface area (Å²) in [5, 5.41) is 3.45. The maximum Gasteiger partial charge on any atom is 0.118 e. The Kier molecular flexibility index (Phi) is 7.76. The normalized spacial score (nSPS) is 13.2. The van der Waals surface area contributed by atoms with Crippen LogP contribution in [0.25, 0.3) is 0 Å². The van der Waals surface area contributed by atoms with E-state index in [9.17, 15) is 0 Å². The molecular weight excluding hydrogens is 260 g/mol. The van der Waals surface area contributed by atoms with E-state index < -0.39 is 0 Å². The lowest BCUT2D eigenvalue weighted by atomic mass is 10.0. The largest absolute Gasteiger partial charge is 0.497 e. The molecule has 0 heterocycles. The van der Waals surface area contributed by atoms with E-state index in [0.717, 1.165) is 25.4 Å². The van der Waals surface area contributed by atoms with Crippen molar-refractivity contribution in [1.29, 1.82) is 0 Å². The monoisotopic (exact) mass is 292 g/mol. The van der Waals surface area contributed by atoms with Gasteiger partial charge in [0.15, 0.2) is 0 Å². The molecule has 0 saturated heterocycles. The quantitative estimate of drug-likeness (QED) is 0.753. The van der Waals surface area contributed by atoms with E-state index in [1.807, 2.05) is 19.2 Å². The third kappa shape index (κ3) is 6.49. The molecule has 0 aromatic heterocycles. The van der Waals surface area contributed by atoms with E-state index in [2.05, 4.69) is 50.0 Å². The van der Waals surface area contributed by atoms with Gasteiger partial charge in [-0.3, -0.25) is 0 Å². The Balaban J connectivity index is 2.75. The Labute approximate surface area is 130 Å². The van der Waals surface area contributed by atoms with Crippen molar-refractivity contribution in [3.63, 3.8) is 0 Å². The summed E-state index contributed by atoms with van der Waals surface area (Å²) in [5.41, 5.74) is 1.32. The second-order valence-corrected chi connectivity index (χ2v) is 6.62.